The number of methoxy groups -OCH3 is 1. The first-order valence-electron chi connectivity index (χ1n) is 44.5. The van der Waals surface area contributed by atoms with E-state index in [9.17, 15) is 65.4 Å². The fraction of sp³-hybridized carbons (Fsp3) is 0.667. The molecule has 7 aliphatic heterocycles. The largest absolute Gasteiger partial charge is 0.388 e. The van der Waals surface area contributed by atoms with Gasteiger partial charge in [-0.3, -0.25) is 52.2 Å². The van der Waals surface area contributed by atoms with Crippen molar-refractivity contribution < 1.29 is 84.2 Å². The monoisotopic (exact) mass is 1950 g/mol. The zero-order chi connectivity index (χ0) is 96.7. The number of aliphatic hydroxyl groups is 10. The lowest BCUT2D eigenvalue weighted by molar-refractivity contribution is -0.0363. The fourth-order valence-electron chi connectivity index (χ4n) is 15.8. The van der Waals surface area contributed by atoms with Gasteiger partial charge in [0.05, 0.1) is 62.2 Å². The summed E-state index contributed by atoms with van der Waals surface area (Å²) in [6, 6.07) is 0. The first-order valence-corrected chi connectivity index (χ1v) is 59.8. The second kappa shape index (κ2) is 44.4. The summed E-state index contributed by atoms with van der Waals surface area (Å²) in [5.74, 6) is 3.74. The number of aliphatic hydroxyl groups excluding tert-OH is 10. The molecule has 43 nitrogen and oxygen atoms in total. The molecule has 15 rings (SSSR count). The van der Waals surface area contributed by atoms with Crippen LogP contribution >= 0.6 is 34.4 Å². The standard InChI is InChI=1S/C18H30N5O4P.C17H28N5O4P.C17H29N4O4P.C16H26N5O4P.C16H27N4O4P/c1-5-6-8-19-18-21-15-12(16(26)22-18)20-10-23(15)17-14(25)13(24)11(27-17)7-9-28(2,3)4;1-5-7-18-17-20-14-11(15(25)21-17)19-9-22(14)16-13(24)12(23)10(26-16)6-8-27(2,3)4;1-6-24-16-12-15(19-10(2)20-16)21(9-18-12)17-14(23)13(22)11(25-17)7-8-26(3,4)5;1-5-17-16-19-13-10(14(24)20-16)18-8-21(13)15-12(23)11(22)9(25-15)6-7-26(2,3)4;1-9-18-14-11(15(19-9)23-2)17-8-20(14)16-13(22)12(21)10(24-16)6-7-25(3,4)5/h10-11,13-14,17,24-25H,2,5-9H2,1,3-4H3,(H2,19,21,22,26);9-10,12-13,16,23-24H,2,5-8H2,1,3-4H3,(H2,18,20,21,25);9,11,13-14,16-17,22-23H,3,6-8H2,1-2,4-5H3,(H,19,20);8-9,11-12,15,22-23H,2,5-7H2,1,3-4H3,(H2,17,19,20,24);8,10,12-13,15-16,21-22H,3,6-7H2,1-2,4-5H3,(H,18,19)/t11-,13-,14-,17?;10-,12-,13-,16?;11-,13-,14-,16?,17?;9-,11-,12-,15?;10-,12-,13-,15?,16?/m11111/s1. The summed E-state index contributed by atoms with van der Waals surface area (Å²) in [6.45, 7) is 29.1. The molecule has 0 spiro atoms. The first kappa shape index (κ1) is 105. The van der Waals surface area contributed by atoms with E-state index in [1.165, 1.54) is 32.7 Å². The van der Waals surface area contributed by atoms with Gasteiger partial charge < -0.3 is 111 Å². The van der Waals surface area contributed by atoms with E-state index in [1.807, 2.05) is 34.6 Å². The van der Waals surface area contributed by atoms with Gasteiger partial charge in [-0.2, -0.15) is 15.0 Å². The van der Waals surface area contributed by atoms with Crippen LogP contribution < -0.4 is 43.3 Å². The second-order valence-corrected chi connectivity index (χ2v) is 59.4. The van der Waals surface area contributed by atoms with Crippen LogP contribution in [0.1, 0.15) is 148 Å². The number of fused-ring (bicyclic) bond motifs is 5. The summed E-state index contributed by atoms with van der Waals surface area (Å²) in [7, 11) is 1.57. The van der Waals surface area contributed by atoms with Crippen LogP contribution in [-0.4, -0.2) is 394 Å². The summed E-state index contributed by atoms with van der Waals surface area (Å²) in [5, 5.41) is 120. The summed E-state index contributed by atoms with van der Waals surface area (Å²) in [6.07, 6.45) is 21.0. The number of nitrogens with one attached hydrogen (secondary N) is 8. The molecule has 0 saturated carbocycles. The zero-order valence-corrected chi connectivity index (χ0v) is 83.1. The average molecular weight is 1950 g/mol. The number of anilines is 5. The van der Waals surface area contributed by atoms with Crippen molar-refractivity contribution in [1.29, 1.82) is 0 Å². The van der Waals surface area contributed by atoms with Crippen LogP contribution in [0.4, 0.5) is 29.5 Å². The molecule has 15 heterocycles. The lowest BCUT2D eigenvalue weighted by Crippen LogP contribution is -2.32. The quantitative estimate of drug-likeness (QED) is 0.0203. The van der Waals surface area contributed by atoms with Crippen LogP contribution in [0.15, 0.2) is 56.0 Å². The van der Waals surface area contributed by atoms with E-state index < -0.39 is 170 Å². The molecule has 0 amide bonds. The SMILES string of the molecule is C=P(C)(C)CC[C@H]1OC(n2cnc3c(=O)[nH]c(NCC)nc32)[C@H](O)[C@@H]1O.C=P(C)(C)CC[C@H]1OC(n2cnc3c(=O)[nH]c(NCCC)nc32)[C@H](O)[C@@H]1O.C=P(C)(C)CC[C@H]1OC(n2cnc3c(=O)[nH]c(NCCCC)nc32)[C@H](O)[C@@H]1O.C=P(C)(C)CC[C@H]1OC(n2cnc3c2NC(C)=NC3OC)[C@H](O)[C@@H]1O.C=P(C)(C)CC[C@H]1OC(n2cnc3c2NC(C)=NC3OCC)[C@H](O)[C@@H]1O. The van der Waals surface area contributed by atoms with Crippen molar-refractivity contribution in [3.05, 3.63) is 74.1 Å². The minimum atomic E-state index is -1.27. The maximum absolute atomic E-state index is 12.3. The molecule has 132 heavy (non-hydrogen) atoms. The van der Waals surface area contributed by atoms with Gasteiger partial charge in [0.25, 0.3) is 16.7 Å². The van der Waals surface area contributed by atoms with E-state index in [-0.39, 0.29) is 33.2 Å². The number of amidine groups is 2. The van der Waals surface area contributed by atoms with Gasteiger partial charge in [-0.05, 0) is 170 Å². The maximum atomic E-state index is 12.3. The van der Waals surface area contributed by atoms with Crippen molar-refractivity contribution >= 4 is 141 Å². The molecular weight excluding hydrogens is 1810 g/mol. The molecule has 0 radical (unpaired) electrons. The summed E-state index contributed by atoms with van der Waals surface area (Å²) in [4.78, 5) is 87.7. The predicted molar refractivity (Wildman–Crippen MR) is 529 cm³/mol. The molecule has 0 aliphatic carbocycles. The summed E-state index contributed by atoms with van der Waals surface area (Å²) >= 11 is 0. The van der Waals surface area contributed by atoms with Crippen LogP contribution in [0.25, 0.3) is 33.5 Å². The molecule has 22 atom stereocenters. The van der Waals surface area contributed by atoms with Crippen LogP contribution in [0.5, 0.6) is 0 Å². The molecule has 7 aliphatic rings. The topological polar surface area (TPSA) is 578 Å². The van der Waals surface area contributed by atoms with E-state index in [0.29, 0.717) is 128 Å². The van der Waals surface area contributed by atoms with Crippen LogP contribution in [0, 0.1) is 0 Å². The number of ether oxygens (including phenoxy) is 7. The number of hydrogen-bond acceptors (Lipinski definition) is 35. The average Bonchev–Trinajstić information content (AvgIpc) is 1.64. The van der Waals surface area contributed by atoms with Crippen molar-refractivity contribution in [3.63, 3.8) is 0 Å². The van der Waals surface area contributed by atoms with E-state index in [1.54, 1.807) is 28.9 Å². The van der Waals surface area contributed by atoms with Crippen LogP contribution in [0.2, 0.25) is 0 Å². The molecule has 5 saturated heterocycles. The molecule has 0 aromatic carbocycles. The highest BCUT2D eigenvalue weighted by Gasteiger charge is 2.50. The number of nitrogens with zero attached hydrogens (tertiary/aromatic N) is 15. The van der Waals surface area contributed by atoms with Crippen molar-refractivity contribution in [2.45, 2.75) is 228 Å². The highest BCUT2D eigenvalue weighted by Crippen LogP contribution is 2.47. The van der Waals surface area contributed by atoms with Gasteiger partial charge in [0.15, 0.2) is 77.1 Å². The third-order valence-corrected chi connectivity index (χ3v) is 30.4. The van der Waals surface area contributed by atoms with E-state index in [4.69, 9.17) is 33.2 Å². The molecule has 7 unspecified atom stereocenters. The summed E-state index contributed by atoms with van der Waals surface area (Å²) < 4.78 is 48.8. The normalized spacial score (nSPS) is 28.2. The van der Waals surface area contributed by atoms with Gasteiger partial charge in [0.1, 0.15) is 95.7 Å². The molecule has 8 aromatic heterocycles. The predicted octanol–water partition coefficient (Wildman–Crippen LogP) is 4.55. The third kappa shape index (κ3) is 25.9. The van der Waals surface area contributed by atoms with Crippen LogP contribution in [0.3, 0.4) is 0 Å². The Morgan fingerprint density at radius 2 is 0.674 bits per heavy atom. The van der Waals surface area contributed by atoms with Crippen molar-refractivity contribution in [2.75, 3.05) is 157 Å². The lowest BCUT2D eigenvalue weighted by Gasteiger charge is -2.24. The minimum Gasteiger partial charge on any atom is -0.388 e. The number of imidazole rings is 5. The highest BCUT2D eigenvalue weighted by atomic mass is 31.2. The molecule has 5 fully saturated rings. The van der Waals surface area contributed by atoms with Crippen LogP contribution in [-0.2, 0) is 33.2 Å². The Morgan fingerprint density at radius 1 is 0.394 bits per heavy atom. The highest BCUT2D eigenvalue weighted by molar-refractivity contribution is 7.73. The number of aliphatic imine (C=N–C) groups is 2. The number of rotatable bonds is 32. The molecule has 18 N–H and O–H groups in total. The molecule has 8 aromatic rings. The fourth-order valence-corrected chi connectivity index (χ4v) is 20.6. The first-order chi connectivity index (χ1) is 62.0. The van der Waals surface area contributed by atoms with Gasteiger partial charge in [0.2, 0.25) is 17.8 Å². The summed E-state index contributed by atoms with van der Waals surface area (Å²) in [5.41, 5.74) is 1.57. The van der Waals surface area contributed by atoms with E-state index in [0.717, 1.165) is 50.1 Å². The molecule has 0 bridgehead atoms. The Morgan fingerprint density at radius 3 is 0.955 bits per heavy atom. The Labute approximate surface area is 768 Å². The smallest absolute Gasteiger partial charge is 0.280 e. The molecule has 736 valence electrons. The Bertz CT molecular complexity index is 5740. The Kier molecular flexibility index (Phi) is 35.4. The number of unbranched alkanes of at least 4 members (excludes halogenated alkanes) is 1. The number of H-pyrrole nitrogens is 3. The maximum Gasteiger partial charge on any atom is 0.280 e. The van der Waals surface area contributed by atoms with E-state index >= 15 is 0 Å². The van der Waals surface area contributed by atoms with Gasteiger partial charge in [0, 0.05) is 33.4 Å². The lowest BCUT2D eigenvalue weighted by atomic mass is 10.1. The number of aromatic amines is 3. The van der Waals surface area contributed by atoms with E-state index in [2.05, 4.69) is 196 Å². The molecule has 48 heteroatoms. The Hall–Kier alpha value is -7.37. The second-order valence-electron chi connectivity index (χ2n) is 37.8. The van der Waals surface area contributed by atoms with Gasteiger partial charge in [-0.25, -0.2) is 34.9 Å². The van der Waals surface area contributed by atoms with Crippen molar-refractivity contribution in [1.82, 2.24) is 77.7 Å². The number of hydrogen-bond donors (Lipinski definition) is 18. The van der Waals surface area contributed by atoms with Crippen molar-refractivity contribution in [2.24, 2.45) is 9.98 Å². The van der Waals surface area contributed by atoms with Gasteiger partial charge >= 0.3 is 0 Å². The Balaban J connectivity index is 0.000000159. The third-order valence-electron chi connectivity index (χ3n) is 23.0. The minimum absolute atomic E-state index is 0.158. The van der Waals surface area contributed by atoms with Crippen molar-refractivity contribution in [3.8, 4) is 0 Å². The zero-order valence-electron chi connectivity index (χ0n) is 78.6. The van der Waals surface area contributed by atoms with Gasteiger partial charge in [-0.1, -0.05) is 20.3 Å². The molecular formula is C84H140N23O20P5. The number of aromatic nitrogens is 16. The van der Waals surface area contributed by atoms with Gasteiger partial charge in [-0.15, -0.1) is 65.9 Å².